The van der Waals surface area contributed by atoms with Gasteiger partial charge in [0.15, 0.2) is 0 Å². The number of carbonyl (C=O) groups excluding carboxylic acids is 1. The van der Waals surface area contributed by atoms with Gasteiger partial charge in [0.25, 0.3) is 11.7 Å². The third-order valence-electron chi connectivity index (χ3n) is 2.76. The molecule has 6 nitrogen and oxygen atoms in total. The summed E-state index contributed by atoms with van der Waals surface area (Å²) in [5.74, 6) is 4.62. The maximum Gasteiger partial charge on any atom is 0.306 e. The van der Waals surface area contributed by atoms with Crippen molar-refractivity contribution in [1.29, 1.82) is 0 Å². The third kappa shape index (κ3) is 2.79. The first-order valence-corrected chi connectivity index (χ1v) is 5.87. The normalized spacial score (nSPS) is 11.4. The van der Waals surface area contributed by atoms with Crippen LogP contribution in [0.2, 0.25) is 0 Å². The molecule has 6 heteroatoms. The molecule has 0 aliphatic rings. The quantitative estimate of drug-likeness (QED) is 0.486. The van der Waals surface area contributed by atoms with Gasteiger partial charge in [-0.3, -0.25) is 10.2 Å². The molecule has 0 atom stereocenters. The van der Waals surface area contributed by atoms with Crippen LogP contribution in [0.5, 0.6) is 0 Å². The maximum atomic E-state index is 11.2. The number of aromatic nitrogens is 2. The van der Waals surface area contributed by atoms with Crippen molar-refractivity contribution in [3.63, 3.8) is 0 Å². The van der Waals surface area contributed by atoms with E-state index in [-0.39, 0.29) is 11.2 Å². The molecule has 0 spiro atoms. The van der Waals surface area contributed by atoms with Crippen molar-refractivity contribution in [2.75, 3.05) is 0 Å². The number of nitrogens with zero attached hydrogens (tertiary/aromatic N) is 2. The second-order valence-corrected chi connectivity index (χ2v) is 5.22. The summed E-state index contributed by atoms with van der Waals surface area (Å²) in [7, 11) is 0. The van der Waals surface area contributed by atoms with E-state index in [1.54, 1.807) is 0 Å². The summed E-state index contributed by atoms with van der Waals surface area (Å²) in [6, 6.07) is 7.78. The van der Waals surface area contributed by atoms with E-state index in [0.29, 0.717) is 5.89 Å². The Kier molecular flexibility index (Phi) is 3.35. The smallest absolute Gasteiger partial charge is 0.306 e. The molecule has 1 heterocycles. The molecule has 0 aliphatic heterocycles. The summed E-state index contributed by atoms with van der Waals surface area (Å²) in [5, 5.41) is 3.56. The molecule has 0 saturated heterocycles. The lowest BCUT2D eigenvalue weighted by Gasteiger charge is -2.18. The highest BCUT2D eigenvalue weighted by atomic mass is 16.5. The van der Waals surface area contributed by atoms with Crippen molar-refractivity contribution < 1.29 is 9.32 Å². The minimum atomic E-state index is -0.582. The van der Waals surface area contributed by atoms with E-state index < -0.39 is 5.91 Å². The van der Waals surface area contributed by atoms with Gasteiger partial charge in [-0.05, 0) is 23.1 Å². The minimum absolute atomic E-state index is 0.0813. The first-order chi connectivity index (χ1) is 8.91. The molecule has 0 aliphatic carbocycles. The Morgan fingerprint density at radius 1 is 1.26 bits per heavy atom. The van der Waals surface area contributed by atoms with E-state index in [1.165, 1.54) is 5.56 Å². The molecule has 19 heavy (non-hydrogen) atoms. The first kappa shape index (κ1) is 13.2. The molecule has 0 unspecified atom stereocenters. The Morgan fingerprint density at radius 3 is 2.42 bits per heavy atom. The second-order valence-electron chi connectivity index (χ2n) is 5.22. The molecule has 0 radical (unpaired) electrons. The maximum absolute atomic E-state index is 11.2. The van der Waals surface area contributed by atoms with Crippen LogP contribution in [0.3, 0.4) is 0 Å². The fourth-order valence-corrected chi connectivity index (χ4v) is 1.61. The van der Waals surface area contributed by atoms with E-state index in [2.05, 4.69) is 30.9 Å². The summed E-state index contributed by atoms with van der Waals surface area (Å²) >= 11 is 0. The number of hydrogen-bond donors (Lipinski definition) is 2. The van der Waals surface area contributed by atoms with Gasteiger partial charge < -0.3 is 4.52 Å². The van der Waals surface area contributed by atoms with Gasteiger partial charge in [0.05, 0.1) is 0 Å². The zero-order valence-electron chi connectivity index (χ0n) is 11.1. The van der Waals surface area contributed by atoms with Gasteiger partial charge in [-0.2, -0.15) is 4.98 Å². The van der Waals surface area contributed by atoms with Crippen LogP contribution in [0.15, 0.2) is 28.8 Å². The highest BCUT2D eigenvalue weighted by Crippen LogP contribution is 2.25. The number of hydrazine groups is 1. The van der Waals surface area contributed by atoms with Gasteiger partial charge in [-0.25, -0.2) is 5.84 Å². The predicted molar refractivity (Wildman–Crippen MR) is 70.1 cm³/mol. The molecule has 2 rings (SSSR count). The van der Waals surface area contributed by atoms with Gasteiger partial charge in [0.1, 0.15) is 0 Å². The highest BCUT2D eigenvalue weighted by molar-refractivity contribution is 5.90. The SMILES string of the molecule is CC(C)(C)c1ccc(-c2nc(C(=O)NN)no2)cc1. The Hall–Kier alpha value is -2.21. The zero-order valence-corrected chi connectivity index (χ0v) is 11.1. The standard InChI is InChI=1S/C13H16N4O2/c1-13(2,3)9-6-4-8(5-7-9)12-15-10(17-19-12)11(18)16-14/h4-7H,14H2,1-3H3,(H,16,18). The number of hydrogen-bond acceptors (Lipinski definition) is 5. The monoisotopic (exact) mass is 260 g/mol. The molecular weight excluding hydrogens is 244 g/mol. The molecule has 100 valence electrons. The third-order valence-corrected chi connectivity index (χ3v) is 2.76. The van der Waals surface area contributed by atoms with Crippen molar-refractivity contribution in [3.8, 4) is 11.5 Å². The van der Waals surface area contributed by atoms with E-state index >= 15 is 0 Å². The van der Waals surface area contributed by atoms with Gasteiger partial charge in [0.2, 0.25) is 0 Å². The van der Waals surface area contributed by atoms with Gasteiger partial charge in [-0.1, -0.05) is 38.1 Å². The molecular formula is C13H16N4O2. The summed E-state index contributed by atoms with van der Waals surface area (Å²) in [6.07, 6.45) is 0. The molecule has 0 fully saturated rings. The van der Waals surface area contributed by atoms with Crippen molar-refractivity contribution in [1.82, 2.24) is 15.6 Å². The molecule has 0 bridgehead atoms. The number of benzene rings is 1. The summed E-state index contributed by atoms with van der Waals surface area (Å²) in [5.41, 5.74) is 4.00. The number of amides is 1. The van der Waals surface area contributed by atoms with Crippen molar-refractivity contribution >= 4 is 5.91 Å². The molecule has 3 N–H and O–H groups in total. The fourth-order valence-electron chi connectivity index (χ4n) is 1.61. The highest BCUT2D eigenvalue weighted by Gasteiger charge is 2.16. The Balaban J connectivity index is 2.28. The van der Waals surface area contributed by atoms with Crippen LogP contribution in [0, 0.1) is 0 Å². The lowest BCUT2D eigenvalue weighted by molar-refractivity contribution is 0.0940. The largest absolute Gasteiger partial charge is 0.333 e. The van der Waals surface area contributed by atoms with E-state index in [9.17, 15) is 4.79 Å². The van der Waals surface area contributed by atoms with Crippen LogP contribution in [0.25, 0.3) is 11.5 Å². The van der Waals surface area contributed by atoms with Gasteiger partial charge in [0, 0.05) is 5.56 Å². The summed E-state index contributed by atoms with van der Waals surface area (Å²) in [6.45, 7) is 6.41. The van der Waals surface area contributed by atoms with Crippen LogP contribution in [-0.4, -0.2) is 16.0 Å². The summed E-state index contributed by atoms with van der Waals surface area (Å²) in [4.78, 5) is 15.2. The molecule has 1 aromatic heterocycles. The van der Waals surface area contributed by atoms with Crippen LogP contribution in [-0.2, 0) is 5.41 Å². The predicted octanol–water partition coefficient (Wildman–Crippen LogP) is 1.64. The van der Waals surface area contributed by atoms with Crippen molar-refractivity contribution in [3.05, 3.63) is 35.7 Å². The Bertz CT molecular complexity index is 581. The molecule has 1 amide bonds. The fraction of sp³-hybridized carbons (Fsp3) is 0.308. The van der Waals surface area contributed by atoms with Crippen LogP contribution in [0.1, 0.15) is 37.0 Å². The van der Waals surface area contributed by atoms with Crippen LogP contribution in [0.4, 0.5) is 0 Å². The number of carbonyl (C=O) groups is 1. The van der Waals surface area contributed by atoms with Crippen LogP contribution >= 0.6 is 0 Å². The van der Waals surface area contributed by atoms with E-state index in [0.717, 1.165) is 5.56 Å². The van der Waals surface area contributed by atoms with E-state index in [1.807, 2.05) is 29.7 Å². The number of nitrogen functional groups attached to an aromatic ring is 1. The average Bonchev–Trinajstić information content (AvgIpc) is 2.86. The first-order valence-electron chi connectivity index (χ1n) is 5.87. The number of nitrogens with two attached hydrogens (primary N) is 1. The Morgan fingerprint density at radius 2 is 1.89 bits per heavy atom. The van der Waals surface area contributed by atoms with Gasteiger partial charge in [-0.15, -0.1) is 0 Å². The van der Waals surface area contributed by atoms with Crippen LogP contribution < -0.4 is 11.3 Å². The number of rotatable bonds is 2. The topological polar surface area (TPSA) is 94.0 Å². The lowest BCUT2D eigenvalue weighted by Crippen LogP contribution is -2.30. The lowest BCUT2D eigenvalue weighted by atomic mass is 9.87. The number of nitrogens with one attached hydrogen (secondary N) is 1. The zero-order chi connectivity index (χ0) is 14.0. The molecule has 1 aromatic carbocycles. The van der Waals surface area contributed by atoms with Crippen molar-refractivity contribution in [2.24, 2.45) is 5.84 Å². The van der Waals surface area contributed by atoms with Gasteiger partial charge >= 0.3 is 5.91 Å². The molecule has 2 aromatic rings. The Labute approximate surface area is 111 Å². The molecule has 0 saturated carbocycles. The second kappa shape index (κ2) is 4.81. The average molecular weight is 260 g/mol. The van der Waals surface area contributed by atoms with E-state index in [4.69, 9.17) is 10.4 Å². The summed E-state index contributed by atoms with van der Waals surface area (Å²) < 4.78 is 5.02. The minimum Gasteiger partial charge on any atom is -0.333 e. The van der Waals surface area contributed by atoms with Crippen molar-refractivity contribution in [2.45, 2.75) is 26.2 Å².